The highest BCUT2D eigenvalue weighted by Gasteiger charge is 2.27. The zero-order chi connectivity index (χ0) is 15.2. The van der Waals surface area contributed by atoms with Crippen LogP contribution in [0.1, 0.15) is 30.7 Å². The average Bonchev–Trinajstić information content (AvgIpc) is 3.30. The van der Waals surface area contributed by atoms with Crippen molar-refractivity contribution < 1.29 is 0 Å². The van der Waals surface area contributed by atoms with E-state index in [1.165, 1.54) is 31.4 Å². The van der Waals surface area contributed by atoms with Gasteiger partial charge in [0.2, 0.25) is 0 Å². The van der Waals surface area contributed by atoms with Gasteiger partial charge in [-0.05, 0) is 31.7 Å². The molecule has 3 rings (SSSR count). The first kappa shape index (κ1) is 15.0. The summed E-state index contributed by atoms with van der Waals surface area (Å²) in [5.41, 5.74) is 1.28. The first-order chi connectivity index (χ1) is 10.8. The van der Waals surface area contributed by atoms with Crippen LogP contribution in [-0.2, 0) is 6.54 Å². The highest BCUT2D eigenvalue weighted by Crippen LogP contribution is 2.26. The third-order valence-corrected chi connectivity index (χ3v) is 4.28. The SMILES string of the molecule is Cc1nccn1CCCN(C/C=C/c1ccccc1)C1CC1. The summed E-state index contributed by atoms with van der Waals surface area (Å²) < 4.78 is 2.24. The first-order valence-corrected chi connectivity index (χ1v) is 8.26. The highest BCUT2D eigenvalue weighted by molar-refractivity contribution is 5.48. The van der Waals surface area contributed by atoms with E-state index in [4.69, 9.17) is 0 Å². The summed E-state index contributed by atoms with van der Waals surface area (Å²) in [6, 6.07) is 11.4. The number of hydrogen-bond donors (Lipinski definition) is 0. The van der Waals surface area contributed by atoms with E-state index in [1.807, 2.05) is 6.20 Å². The Morgan fingerprint density at radius 1 is 1.27 bits per heavy atom. The quantitative estimate of drug-likeness (QED) is 0.739. The Kier molecular flexibility index (Phi) is 5.07. The molecule has 3 heteroatoms. The number of aryl methyl sites for hydroxylation is 2. The standard InChI is InChI=1S/C19H25N3/c1-17-20-12-16-21(17)14-6-15-22(19-10-11-19)13-5-9-18-7-3-2-4-8-18/h2-5,7-9,12,16,19H,6,10-11,13-15H2,1H3/b9-5+. The van der Waals surface area contributed by atoms with Crippen LogP contribution in [0.5, 0.6) is 0 Å². The van der Waals surface area contributed by atoms with Gasteiger partial charge in [0, 0.05) is 38.1 Å². The van der Waals surface area contributed by atoms with E-state index in [0.717, 1.165) is 25.0 Å². The van der Waals surface area contributed by atoms with Crippen molar-refractivity contribution in [3.05, 3.63) is 60.2 Å². The summed E-state index contributed by atoms with van der Waals surface area (Å²) in [5.74, 6) is 1.11. The Labute approximate surface area is 133 Å². The molecule has 0 spiro atoms. The Morgan fingerprint density at radius 2 is 2.09 bits per heavy atom. The highest BCUT2D eigenvalue weighted by atomic mass is 15.2. The Balaban J connectivity index is 1.46. The van der Waals surface area contributed by atoms with Crippen molar-refractivity contribution in [3.8, 4) is 0 Å². The number of rotatable bonds is 8. The first-order valence-electron chi connectivity index (χ1n) is 8.26. The van der Waals surface area contributed by atoms with Gasteiger partial charge in [0.25, 0.3) is 0 Å². The van der Waals surface area contributed by atoms with Crippen molar-refractivity contribution in [2.24, 2.45) is 0 Å². The predicted molar refractivity (Wildman–Crippen MR) is 91.7 cm³/mol. The minimum Gasteiger partial charge on any atom is -0.335 e. The summed E-state index contributed by atoms with van der Waals surface area (Å²) in [5, 5.41) is 0. The van der Waals surface area contributed by atoms with E-state index in [0.29, 0.717) is 0 Å². The topological polar surface area (TPSA) is 21.1 Å². The predicted octanol–water partition coefficient (Wildman–Crippen LogP) is 3.76. The van der Waals surface area contributed by atoms with Crippen LogP contribution in [0.15, 0.2) is 48.8 Å². The van der Waals surface area contributed by atoms with Gasteiger partial charge in [0.15, 0.2) is 0 Å². The van der Waals surface area contributed by atoms with Gasteiger partial charge in [0.05, 0.1) is 0 Å². The molecule has 1 aromatic carbocycles. The number of benzene rings is 1. The van der Waals surface area contributed by atoms with Crippen LogP contribution in [0.4, 0.5) is 0 Å². The molecule has 0 unspecified atom stereocenters. The second kappa shape index (κ2) is 7.41. The van der Waals surface area contributed by atoms with Gasteiger partial charge in [-0.25, -0.2) is 4.98 Å². The summed E-state index contributed by atoms with van der Waals surface area (Å²) in [6.45, 7) is 5.36. The van der Waals surface area contributed by atoms with Crippen molar-refractivity contribution in [3.63, 3.8) is 0 Å². The van der Waals surface area contributed by atoms with Crippen LogP contribution in [0.3, 0.4) is 0 Å². The molecular weight excluding hydrogens is 270 g/mol. The molecule has 1 aliphatic rings. The summed E-state index contributed by atoms with van der Waals surface area (Å²) >= 11 is 0. The minimum atomic E-state index is 0.810. The molecule has 22 heavy (non-hydrogen) atoms. The zero-order valence-corrected chi connectivity index (χ0v) is 13.4. The van der Waals surface area contributed by atoms with Gasteiger partial charge in [0.1, 0.15) is 5.82 Å². The summed E-state index contributed by atoms with van der Waals surface area (Å²) in [4.78, 5) is 6.90. The van der Waals surface area contributed by atoms with E-state index in [2.05, 4.69) is 70.1 Å². The molecule has 0 N–H and O–H groups in total. The fourth-order valence-electron chi connectivity index (χ4n) is 2.84. The molecule has 0 amide bonds. The summed E-state index contributed by atoms with van der Waals surface area (Å²) in [7, 11) is 0. The van der Waals surface area contributed by atoms with Crippen LogP contribution in [0.2, 0.25) is 0 Å². The molecular formula is C19H25N3. The van der Waals surface area contributed by atoms with Crippen LogP contribution in [-0.4, -0.2) is 33.6 Å². The van der Waals surface area contributed by atoms with Crippen molar-refractivity contribution in [1.82, 2.24) is 14.5 Å². The molecule has 2 aromatic rings. The average molecular weight is 295 g/mol. The van der Waals surface area contributed by atoms with E-state index in [-0.39, 0.29) is 0 Å². The fraction of sp³-hybridized carbons (Fsp3) is 0.421. The maximum absolute atomic E-state index is 4.28. The van der Waals surface area contributed by atoms with E-state index in [9.17, 15) is 0 Å². The lowest BCUT2D eigenvalue weighted by Gasteiger charge is -2.20. The fourth-order valence-corrected chi connectivity index (χ4v) is 2.84. The molecule has 1 fully saturated rings. The van der Waals surface area contributed by atoms with Crippen molar-refractivity contribution >= 4 is 6.08 Å². The van der Waals surface area contributed by atoms with Gasteiger partial charge in [-0.3, -0.25) is 4.90 Å². The van der Waals surface area contributed by atoms with Crippen molar-refractivity contribution in [2.75, 3.05) is 13.1 Å². The monoisotopic (exact) mass is 295 g/mol. The van der Waals surface area contributed by atoms with E-state index >= 15 is 0 Å². The summed E-state index contributed by atoms with van der Waals surface area (Å²) in [6.07, 6.45) is 12.4. The van der Waals surface area contributed by atoms with Gasteiger partial charge in [-0.1, -0.05) is 42.5 Å². The van der Waals surface area contributed by atoms with Gasteiger partial charge < -0.3 is 4.57 Å². The van der Waals surface area contributed by atoms with Crippen LogP contribution in [0, 0.1) is 6.92 Å². The van der Waals surface area contributed by atoms with Crippen LogP contribution >= 0.6 is 0 Å². The normalized spacial score (nSPS) is 15.0. The molecule has 1 heterocycles. The van der Waals surface area contributed by atoms with Gasteiger partial charge in [-0.2, -0.15) is 0 Å². The number of nitrogens with zero attached hydrogens (tertiary/aromatic N) is 3. The maximum atomic E-state index is 4.28. The number of hydrogen-bond acceptors (Lipinski definition) is 2. The van der Waals surface area contributed by atoms with Crippen LogP contribution in [0.25, 0.3) is 6.08 Å². The van der Waals surface area contributed by atoms with Crippen LogP contribution < -0.4 is 0 Å². The van der Waals surface area contributed by atoms with Gasteiger partial charge in [-0.15, -0.1) is 0 Å². The van der Waals surface area contributed by atoms with E-state index in [1.54, 1.807) is 0 Å². The second-order valence-corrected chi connectivity index (χ2v) is 6.06. The molecule has 116 valence electrons. The molecule has 1 aromatic heterocycles. The lowest BCUT2D eigenvalue weighted by atomic mass is 10.2. The van der Waals surface area contributed by atoms with E-state index < -0.39 is 0 Å². The molecule has 1 aliphatic carbocycles. The Morgan fingerprint density at radius 3 is 2.77 bits per heavy atom. The van der Waals surface area contributed by atoms with Gasteiger partial charge >= 0.3 is 0 Å². The second-order valence-electron chi connectivity index (χ2n) is 6.06. The number of imidazole rings is 1. The number of aromatic nitrogens is 2. The molecule has 0 radical (unpaired) electrons. The molecule has 0 bridgehead atoms. The van der Waals surface area contributed by atoms with Crippen molar-refractivity contribution in [1.29, 1.82) is 0 Å². The maximum Gasteiger partial charge on any atom is 0.105 e. The molecule has 0 atom stereocenters. The van der Waals surface area contributed by atoms with Crippen molar-refractivity contribution in [2.45, 2.75) is 38.8 Å². The Bertz CT molecular complexity index is 596. The molecule has 3 nitrogen and oxygen atoms in total. The smallest absolute Gasteiger partial charge is 0.105 e. The molecule has 0 saturated heterocycles. The lowest BCUT2D eigenvalue weighted by Crippen LogP contribution is -2.28. The lowest BCUT2D eigenvalue weighted by molar-refractivity contribution is 0.282. The molecule has 1 saturated carbocycles. The Hall–Kier alpha value is -1.87. The minimum absolute atomic E-state index is 0.810. The zero-order valence-electron chi connectivity index (χ0n) is 13.4. The third-order valence-electron chi connectivity index (χ3n) is 4.28. The third kappa shape index (κ3) is 4.31. The molecule has 0 aliphatic heterocycles. The largest absolute Gasteiger partial charge is 0.335 e.